The topological polar surface area (TPSA) is 54.4 Å². The zero-order valence-electron chi connectivity index (χ0n) is 9.26. The first-order chi connectivity index (χ1) is 8.20. The van der Waals surface area contributed by atoms with Gasteiger partial charge >= 0.3 is 5.97 Å². The van der Waals surface area contributed by atoms with E-state index in [9.17, 15) is 9.59 Å². The summed E-state index contributed by atoms with van der Waals surface area (Å²) in [6, 6.07) is 14.8. The number of carbonyl (C=O) groups is 2. The fraction of sp³-hybridized carbons (Fsp3) is 0. The minimum absolute atomic E-state index is 0. The Kier molecular flexibility index (Phi) is 5.04. The van der Waals surface area contributed by atoms with E-state index in [1.807, 2.05) is 0 Å². The van der Waals surface area contributed by atoms with E-state index in [4.69, 9.17) is 5.11 Å². The van der Waals surface area contributed by atoms with E-state index in [2.05, 4.69) is 0 Å². The number of hydrogen-bond acceptors (Lipinski definition) is 2. The molecule has 0 spiro atoms. The van der Waals surface area contributed by atoms with Crippen molar-refractivity contribution in [3.63, 3.8) is 0 Å². The van der Waals surface area contributed by atoms with Crippen LogP contribution in [0.1, 0.15) is 26.3 Å². The maximum atomic E-state index is 12.1. The van der Waals surface area contributed by atoms with Gasteiger partial charge in [-0.2, -0.15) is 0 Å². The predicted octanol–water partition coefficient (Wildman–Crippen LogP) is 2.61. The van der Waals surface area contributed by atoms with Gasteiger partial charge in [0.25, 0.3) is 0 Å². The van der Waals surface area contributed by atoms with Gasteiger partial charge in [-0.1, -0.05) is 48.5 Å². The van der Waals surface area contributed by atoms with Crippen LogP contribution in [-0.2, 0) is 22.4 Å². The minimum Gasteiger partial charge on any atom is -0.478 e. The monoisotopic (exact) mass is 333 g/mol. The van der Waals surface area contributed by atoms with Gasteiger partial charge in [0.05, 0.1) is 5.56 Å². The third-order valence-electron chi connectivity index (χ3n) is 2.44. The van der Waals surface area contributed by atoms with E-state index < -0.39 is 5.97 Å². The maximum Gasteiger partial charge on any atom is 0.336 e. The zero-order chi connectivity index (χ0) is 12.3. The fourth-order valence-electron chi connectivity index (χ4n) is 1.61. The van der Waals surface area contributed by atoms with Crippen molar-refractivity contribution in [1.29, 1.82) is 0 Å². The molecule has 0 saturated heterocycles. The average molecular weight is 334 g/mol. The normalized spacial score (nSPS) is 9.33. The number of carboxylic acids is 1. The molecule has 1 N–H and O–H groups in total. The number of benzene rings is 2. The van der Waals surface area contributed by atoms with Gasteiger partial charge in [0.1, 0.15) is 0 Å². The number of carboxylic acid groups (broad SMARTS) is 1. The van der Waals surface area contributed by atoms with Crippen LogP contribution in [0.5, 0.6) is 0 Å². The summed E-state index contributed by atoms with van der Waals surface area (Å²) in [5.41, 5.74) is 0.730. The Morgan fingerprint density at radius 3 is 1.83 bits per heavy atom. The number of hydrogen-bond donors (Lipinski definition) is 1. The van der Waals surface area contributed by atoms with Crippen molar-refractivity contribution in [2.24, 2.45) is 0 Å². The van der Waals surface area contributed by atoms with Crippen molar-refractivity contribution in [3.05, 3.63) is 71.3 Å². The molecule has 4 heteroatoms. The maximum absolute atomic E-state index is 12.1. The van der Waals surface area contributed by atoms with Gasteiger partial charge in [-0.05, 0) is 6.07 Å². The average Bonchev–Trinajstić information content (AvgIpc) is 2.39. The molecule has 0 bridgehead atoms. The van der Waals surface area contributed by atoms with E-state index in [-0.39, 0.29) is 39.3 Å². The van der Waals surface area contributed by atoms with Crippen LogP contribution in [0.15, 0.2) is 54.6 Å². The Hall–Kier alpha value is -1.68. The van der Waals surface area contributed by atoms with Gasteiger partial charge in [-0.25, -0.2) is 4.79 Å². The molecule has 0 unspecified atom stereocenters. The van der Waals surface area contributed by atoms with Gasteiger partial charge < -0.3 is 5.11 Å². The Morgan fingerprint density at radius 2 is 1.28 bits per heavy atom. The molecule has 0 aliphatic heterocycles. The second-order valence-electron chi connectivity index (χ2n) is 3.55. The van der Waals surface area contributed by atoms with Gasteiger partial charge in [0.2, 0.25) is 0 Å². The summed E-state index contributed by atoms with van der Waals surface area (Å²) in [4.78, 5) is 23.1. The molecular formula is C14H10AgO3. The van der Waals surface area contributed by atoms with Crippen LogP contribution in [0.25, 0.3) is 0 Å². The first-order valence-electron chi connectivity index (χ1n) is 5.12. The summed E-state index contributed by atoms with van der Waals surface area (Å²) >= 11 is 0. The molecule has 0 atom stereocenters. The van der Waals surface area contributed by atoms with Crippen molar-refractivity contribution in [2.45, 2.75) is 0 Å². The van der Waals surface area contributed by atoms with Gasteiger partial charge in [0, 0.05) is 33.5 Å². The van der Waals surface area contributed by atoms with Crippen LogP contribution in [0.4, 0.5) is 0 Å². The second-order valence-corrected chi connectivity index (χ2v) is 3.55. The number of ketones is 1. The molecule has 1 radical (unpaired) electrons. The van der Waals surface area contributed by atoms with Crippen LogP contribution in [0, 0.1) is 0 Å². The summed E-state index contributed by atoms with van der Waals surface area (Å²) in [6.07, 6.45) is 0. The molecule has 0 fully saturated rings. The van der Waals surface area contributed by atoms with Crippen LogP contribution < -0.4 is 0 Å². The molecule has 2 rings (SSSR count). The smallest absolute Gasteiger partial charge is 0.336 e. The van der Waals surface area contributed by atoms with Gasteiger partial charge in [0.15, 0.2) is 5.78 Å². The van der Waals surface area contributed by atoms with Crippen molar-refractivity contribution in [3.8, 4) is 0 Å². The van der Waals surface area contributed by atoms with Gasteiger partial charge in [-0.3, -0.25) is 4.79 Å². The number of aromatic carboxylic acids is 1. The summed E-state index contributed by atoms with van der Waals surface area (Å²) < 4.78 is 0. The largest absolute Gasteiger partial charge is 0.478 e. The predicted molar refractivity (Wildman–Crippen MR) is 63.3 cm³/mol. The van der Waals surface area contributed by atoms with Gasteiger partial charge in [-0.15, -0.1) is 0 Å². The first-order valence-corrected chi connectivity index (χ1v) is 5.12. The molecular weight excluding hydrogens is 324 g/mol. The quantitative estimate of drug-likeness (QED) is 0.694. The Morgan fingerprint density at radius 1 is 0.778 bits per heavy atom. The molecule has 0 aliphatic rings. The van der Waals surface area contributed by atoms with Crippen molar-refractivity contribution < 1.29 is 37.1 Å². The summed E-state index contributed by atoms with van der Waals surface area (Å²) in [5.74, 6) is -1.37. The minimum atomic E-state index is -1.09. The molecule has 95 valence electrons. The van der Waals surface area contributed by atoms with Crippen LogP contribution in [0.2, 0.25) is 0 Å². The SMILES string of the molecule is O=C(O)c1ccccc1C(=O)c1ccccc1.[Ag]. The molecule has 2 aromatic rings. The summed E-state index contributed by atoms with van der Waals surface area (Å²) in [7, 11) is 0. The zero-order valence-corrected chi connectivity index (χ0v) is 10.7. The standard InChI is InChI=1S/C14H10O3.Ag/c15-13(10-6-2-1-3-7-10)11-8-4-5-9-12(11)14(16)17;/h1-9H,(H,16,17);. The molecule has 0 saturated carbocycles. The number of rotatable bonds is 3. The second kappa shape index (κ2) is 6.31. The Labute approximate surface area is 120 Å². The summed E-state index contributed by atoms with van der Waals surface area (Å²) in [5, 5.41) is 9.01. The van der Waals surface area contributed by atoms with Crippen molar-refractivity contribution in [1.82, 2.24) is 0 Å². The van der Waals surface area contributed by atoms with E-state index in [1.165, 1.54) is 12.1 Å². The molecule has 0 aliphatic carbocycles. The van der Waals surface area contributed by atoms with E-state index in [0.717, 1.165) is 0 Å². The third kappa shape index (κ3) is 2.96. The van der Waals surface area contributed by atoms with Crippen molar-refractivity contribution >= 4 is 11.8 Å². The van der Waals surface area contributed by atoms with Crippen LogP contribution in [0.3, 0.4) is 0 Å². The van der Waals surface area contributed by atoms with E-state index in [0.29, 0.717) is 5.56 Å². The molecule has 0 amide bonds. The van der Waals surface area contributed by atoms with Crippen LogP contribution in [-0.4, -0.2) is 16.9 Å². The molecule has 18 heavy (non-hydrogen) atoms. The van der Waals surface area contributed by atoms with Crippen molar-refractivity contribution in [2.75, 3.05) is 0 Å². The molecule has 2 aromatic carbocycles. The first kappa shape index (κ1) is 14.4. The fourth-order valence-corrected chi connectivity index (χ4v) is 1.61. The van der Waals surface area contributed by atoms with Crippen LogP contribution >= 0.6 is 0 Å². The Balaban J connectivity index is 0.00000162. The molecule has 0 aromatic heterocycles. The molecule has 3 nitrogen and oxygen atoms in total. The summed E-state index contributed by atoms with van der Waals surface area (Å²) in [6.45, 7) is 0. The Bertz CT molecular complexity index is 564. The van der Waals surface area contributed by atoms with E-state index >= 15 is 0 Å². The third-order valence-corrected chi connectivity index (χ3v) is 2.44. The van der Waals surface area contributed by atoms with E-state index in [1.54, 1.807) is 42.5 Å². The molecule has 0 heterocycles. The number of carbonyl (C=O) groups excluding carboxylic acids is 1.